The van der Waals surface area contributed by atoms with Crippen molar-refractivity contribution in [1.82, 2.24) is 10.2 Å². The third-order valence-corrected chi connectivity index (χ3v) is 4.77. The van der Waals surface area contributed by atoms with Crippen molar-refractivity contribution < 1.29 is 9.59 Å². The third-order valence-electron chi connectivity index (χ3n) is 4.77. The van der Waals surface area contributed by atoms with Crippen molar-refractivity contribution in [2.75, 3.05) is 6.54 Å². The van der Waals surface area contributed by atoms with E-state index >= 15 is 0 Å². The summed E-state index contributed by atoms with van der Waals surface area (Å²) in [6.07, 6.45) is 4.40. The van der Waals surface area contributed by atoms with E-state index in [4.69, 9.17) is 0 Å². The van der Waals surface area contributed by atoms with Gasteiger partial charge in [-0.25, -0.2) is 0 Å². The lowest BCUT2D eigenvalue weighted by Crippen LogP contribution is -2.65. The third kappa shape index (κ3) is 2.43. The van der Waals surface area contributed by atoms with Gasteiger partial charge in [0.05, 0.1) is 6.04 Å². The minimum Gasteiger partial charge on any atom is -0.340 e. The summed E-state index contributed by atoms with van der Waals surface area (Å²) in [5, 5.41) is 2.97. The highest BCUT2D eigenvalue weighted by atomic mass is 16.2. The molecule has 1 aromatic carbocycles. The predicted octanol–water partition coefficient (Wildman–Crippen LogP) is 2.41. The van der Waals surface area contributed by atoms with Crippen LogP contribution in [0, 0.1) is 0 Å². The number of carbonyl (C=O) groups excluding carboxylic acids is 2. The van der Waals surface area contributed by atoms with E-state index in [1.54, 1.807) is 4.90 Å². The summed E-state index contributed by atoms with van der Waals surface area (Å²) in [6.45, 7) is 2.24. The number of carbonyl (C=O) groups is 2. The SMILES string of the molecule is CCC(c1ccccc1)N1CC(=O)NC2(CCCC2)C1=O. The van der Waals surface area contributed by atoms with Gasteiger partial charge in [-0.05, 0) is 24.8 Å². The Kier molecular flexibility index (Phi) is 3.70. The molecule has 4 heteroatoms. The summed E-state index contributed by atoms with van der Waals surface area (Å²) in [4.78, 5) is 26.9. The molecular weight excluding hydrogens is 264 g/mol. The Morgan fingerprint density at radius 3 is 2.48 bits per heavy atom. The number of hydrogen-bond donors (Lipinski definition) is 1. The number of amides is 2. The van der Waals surface area contributed by atoms with Crippen LogP contribution in [0.4, 0.5) is 0 Å². The molecule has 1 aromatic rings. The van der Waals surface area contributed by atoms with Gasteiger partial charge in [0.1, 0.15) is 12.1 Å². The van der Waals surface area contributed by atoms with E-state index in [1.165, 1.54) is 0 Å². The molecule has 4 nitrogen and oxygen atoms in total. The lowest BCUT2D eigenvalue weighted by molar-refractivity contribution is -0.152. The molecule has 0 aromatic heterocycles. The highest BCUT2D eigenvalue weighted by molar-refractivity contribution is 5.98. The van der Waals surface area contributed by atoms with Crippen LogP contribution in [0.15, 0.2) is 30.3 Å². The summed E-state index contributed by atoms with van der Waals surface area (Å²) >= 11 is 0. The number of hydrogen-bond acceptors (Lipinski definition) is 2. The van der Waals surface area contributed by atoms with Crippen LogP contribution < -0.4 is 5.32 Å². The van der Waals surface area contributed by atoms with Crippen LogP contribution in [-0.4, -0.2) is 28.8 Å². The maximum atomic E-state index is 13.0. The molecule has 0 bridgehead atoms. The second-order valence-electron chi connectivity index (χ2n) is 6.11. The molecule has 3 rings (SSSR count). The number of piperazine rings is 1. The number of benzene rings is 1. The Morgan fingerprint density at radius 2 is 1.86 bits per heavy atom. The first kappa shape index (κ1) is 14.1. The van der Waals surface area contributed by atoms with Crippen LogP contribution in [-0.2, 0) is 9.59 Å². The minimum atomic E-state index is -0.627. The zero-order valence-corrected chi connectivity index (χ0v) is 12.5. The van der Waals surface area contributed by atoms with Gasteiger partial charge in [-0.2, -0.15) is 0 Å². The van der Waals surface area contributed by atoms with Crippen LogP contribution in [0.3, 0.4) is 0 Å². The molecule has 1 unspecified atom stereocenters. The van der Waals surface area contributed by atoms with Crippen molar-refractivity contribution in [1.29, 1.82) is 0 Å². The number of nitrogens with one attached hydrogen (secondary N) is 1. The van der Waals surface area contributed by atoms with Gasteiger partial charge < -0.3 is 10.2 Å². The lowest BCUT2D eigenvalue weighted by atomic mass is 9.90. The predicted molar refractivity (Wildman–Crippen MR) is 80.5 cm³/mol. The molecule has 1 aliphatic carbocycles. The molecular formula is C17H22N2O2. The van der Waals surface area contributed by atoms with Crippen molar-refractivity contribution in [2.45, 2.75) is 50.6 Å². The second-order valence-corrected chi connectivity index (χ2v) is 6.11. The molecule has 21 heavy (non-hydrogen) atoms. The van der Waals surface area contributed by atoms with Crippen molar-refractivity contribution in [2.24, 2.45) is 0 Å². The van der Waals surface area contributed by atoms with E-state index in [0.717, 1.165) is 37.7 Å². The fourth-order valence-corrected chi connectivity index (χ4v) is 3.74. The molecule has 1 atom stereocenters. The molecule has 2 amide bonds. The second kappa shape index (κ2) is 5.51. The summed E-state index contributed by atoms with van der Waals surface area (Å²) in [5.74, 6) is 0.0844. The number of nitrogens with zero attached hydrogens (tertiary/aromatic N) is 1. The molecule has 1 saturated carbocycles. The monoisotopic (exact) mass is 286 g/mol. The Labute approximate surface area is 125 Å². The van der Waals surface area contributed by atoms with Crippen LogP contribution in [0.1, 0.15) is 50.6 Å². The number of rotatable bonds is 3. The summed E-state index contributed by atoms with van der Waals surface area (Å²) < 4.78 is 0. The van der Waals surface area contributed by atoms with Crippen LogP contribution in [0.25, 0.3) is 0 Å². The van der Waals surface area contributed by atoms with Crippen molar-refractivity contribution in [3.63, 3.8) is 0 Å². The largest absolute Gasteiger partial charge is 0.340 e. The van der Waals surface area contributed by atoms with E-state index in [1.807, 2.05) is 30.3 Å². The molecule has 2 fully saturated rings. The standard InChI is InChI=1S/C17H22N2O2/c1-2-14(13-8-4-3-5-9-13)19-12-15(20)18-17(16(19)21)10-6-7-11-17/h3-5,8-9,14H,2,6-7,10-12H2,1H3,(H,18,20). The quantitative estimate of drug-likeness (QED) is 0.927. The fourth-order valence-electron chi connectivity index (χ4n) is 3.74. The Balaban J connectivity index is 1.92. The van der Waals surface area contributed by atoms with Gasteiger partial charge in [0, 0.05) is 0 Å². The van der Waals surface area contributed by atoms with E-state index in [2.05, 4.69) is 12.2 Å². The average Bonchev–Trinajstić information content (AvgIpc) is 2.95. The fraction of sp³-hybridized carbons (Fsp3) is 0.529. The van der Waals surface area contributed by atoms with Gasteiger partial charge in [-0.1, -0.05) is 50.1 Å². The van der Waals surface area contributed by atoms with E-state index in [-0.39, 0.29) is 24.4 Å². The van der Waals surface area contributed by atoms with E-state index in [9.17, 15) is 9.59 Å². The normalized spacial score (nSPS) is 22.4. The molecule has 0 radical (unpaired) electrons. The molecule has 1 aliphatic heterocycles. The topological polar surface area (TPSA) is 49.4 Å². The van der Waals surface area contributed by atoms with Crippen molar-refractivity contribution >= 4 is 11.8 Å². The van der Waals surface area contributed by atoms with E-state index in [0.29, 0.717) is 0 Å². The zero-order chi connectivity index (χ0) is 14.9. The average molecular weight is 286 g/mol. The maximum Gasteiger partial charge on any atom is 0.249 e. The smallest absolute Gasteiger partial charge is 0.249 e. The first-order chi connectivity index (χ1) is 10.2. The maximum absolute atomic E-state index is 13.0. The lowest BCUT2D eigenvalue weighted by Gasteiger charge is -2.43. The van der Waals surface area contributed by atoms with Gasteiger partial charge in [-0.15, -0.1) is 0 Å². The van der Waals surface area contributed by atoms with Gasteiger partial charge in [-0.3, -0.25) is 9.59 Å². The highest BCUT2D eigenvalue weighted by Crippen LogP contribution is 2.36. The Morgan fingerprint density at radius 1 is 1.19 bits per heavy atom. The molecule has 1 spiro atoms. The molecule has 112 valence electrons. The summed E-state index contributed by atoms with van der Waals surface area (Å²) in [7, 11) is 0. The van der Waals surface area contributed by atoms with Crippen LogP contribution >= 0.6 is 0 Å². The van der Waals surface area contributed by atoms with Gasteiger partial charge in [0.2, 0.25) is 11.8 Å². The molecule has 2 aliphatic rings. The molecule has 1 heterocycles. The summed E-state index contributed by atoms with van der Waals surface area (Å²) in [6, 6.07) is 10.0. The molecule has 1 saturated heterocycles. The van der Waals surface area contributed by atoms with Gasteiger partial charge in [0.15, 0.2) is 0 Å². The van der Waals surface area contributed by atoms with Crippen molar-refractivity contribution in [3.8, 4) is 0 Å². The van der Waals surface area contributed by atoms with Crippen molar-refractivity contribution in [3.05, 3.63) is 35.9 Å². The highest BCUT2D eigenvalue weighted by Gasteiger charge is 2.49. The van der Waals surface area contributed by atoms with Gasteiger partial charge >= 0.3 is 0 Å². The van der Waals surface area contributed by atoms with Gasteiger partial charge in [0.25, 0.3) is 0 Å². The minimum absolute atomic E-state index is 0.0118. The first-order valence-electron chi connectivity index (χ1n) is 7.83. The van der Waals surface area contributed by atoms with E-state index < -0.39 is 5.54 Å². The summed E-state index contributed by atoms with van der Waals surface area (Å²) in [5.41, 5.74) is 0.480. The molecule has 1 N–H and O–H groups in total. The zero-order valence-electron chi connectivity index (χ0n) is 12.5. The Hall–Kier alpha value is -1.84. The Bertz CT molecular complexity index is 535. The first-order valence-corrected chi connectivity index (χ1v) is 7.83. The van der Waals surface area contributed by atoms with Crippen LogP contribution in [0.2, 0.25) is 0 Å². The van der Waals surface area contributed by atoms with Crippen LogP contribution in [0.5, 0.6) is 0 Å².